The molecular formula is C8H11N3O4S. The van der Waals surface area contributed by atoms with Crippen LogP contribution < -0.4 is 10.5 Å². The molecule has 1 aromatic heterocycles. The Morgan fingerprint density at radius 2 is 2.19 bits per heavy atom. The first-order chi connectivity index (χ1) is 7.33. The van der Waals surface area contributed by atoms with Gasteiger partial charge in [0, 0.05) is 12.4 Å². The largest absolute Gasteiger partial charge is 0.480 e. The molecule has 1 rings (SSSR count). The molecule has 88 valence electrons. The van der Waals surface area contributed by atoms with Crippen LogP contribution in [0.2, 0.25) is 0 Å². The zero-order valence-electron chi connectivity index (χ0n) is 8.41. The van der Waals surface area contributed by atoms with E-state index in [1.54, 1.807) is 0 Å². The zero-order chi connectivity index (χ0) is 12.3. The molecule has 4 N–H and O–H groups in total. The van der Waals surface area contributed by atoms with E-state index in [0.29, 0.717) is 0 Å². The number of hydrogen-bond donors (Lipinski definition) is 3. The zero-order valence-corrected chi connectivity index (χ0v) is 9.23. The van der Waals surface area contributed by atoms with Crippen LogP contribution in [0.4, 0.5) is 5.69 Å². The van der Waals surface area contributed by atoms with Gasteiger partial charge in [-0.05, 0) is 13.0 Å². The van der Waals surface area contributed by atoms with Crippen molar-refractivity contribution in [1.82, 2.24) is 9.71 Å². The van der Waals surface area contributed by atoms with Crippen molar-refractivity contribution < 1.29 is 18.3 Å². The first-order valence-corrected chi connectivity index (χ1v) is 5.77. The molecule has 1 atom stereocenters. The number of rotatable bonds is 4. The van der Waals surface area contributed by atoms with Crippen molar-refractivity contribution in [3.8, 4) is 0 Å². The van der Waals surface area contributed by atoms with E-state index in [2.05, 4.69) is 4.98 Å². The highest BCUT2D eigenvalue weighted by atomic mass is 32.2. The minimum atomic E-state index is -3.90. The molecule has 0 spiro atoms. The molecule has 0 aliphatic heterocycles. The predicted molar refractivity (Wildman–Crippen MR) is 56.1 cm³/mol. The van der Waals surface area contributed by atoms with Crippen LogP contribution in [0.1, 0.15) is 6.92 Å². The summed E-state index contributed by atoms with van der Waals surface area (Å²) >= 11 is 0. The Labute approximate surface area is 92.4 Å². The van der Waals surface area contributed by atoms with Gasteiger partial charge < -0.3 is 10.8 Å². The van der Waals surface area contributed by atoms with E-state index >= 15 is 0 Å². The summed E-state index contributed by atoms with van der Waals surface area (Å²) < 4.78 is 25.2. The van der Waals surface area contributed by atoms with Crippen molar-refractivity contribution in [2.75, 3.05) is 5.73 Å². The van der Waals surface area contributed by atoms with Crippen LogP contribution in [-0.2, 0) is 14.8 Å². The van der Waals surface area contributed by atoms with Crippen molar-refractivity contribution in [3.63, 3.8) is 0 Å². The lowest BCUT2D eigenvalue weighted by molar-refractivity contribution is -0.138. The normalized spacial score (nSPS) is 13.3. The van der Waals surface area contributed by atoms with Crippen LogP contribution in [-0.4, -0.2) is 30.5 Å². The monoisotopic (exact) mass is 245 g/mol. The number of aromatic nitrogens is 1. The second-order valence-electron chi connectivity index (χ2n) is 3.14. The van der Waals surface area contributed by atoms with E-state index in [0.717, 1.165) is 6.20 Å². The molecule has 0 aliphatic rings. The third kappa shape index (κ3) is 2.91. The van der Waals surface area contributed by atoms with Gasteiger partial charge in [-0.25, -0.2) is 8.42 Å². The van der Waals surface area contributed by atoms with Crippen molar-refractivity contribution in [1.29, 1.82) is 0 Å². The second-order valence-corrected chi connectivity index (χ2v) is 4.85. The summed E-state index contributed by atoms with van der Waals surface area (Å²) in [5, 5.41) is 8.58. The van der Waals surface area contributed by atoms with Gasteiger partial charge in [0.2, 0.25) is 10.0 Å². The number of aliphatic carboxylic acids is 1. The Morgan fingerprint density at radius 1 is 1.56 bits per heavy atom. The smallest absolute Gasteiger partial charge is 0.321 e. The molecule has 0 aromatic carbocycles. The summed E-state index contributed by atoms with van der Waals surface area (Å²) in [6, 6.07) is -0.0180. The number of carbonyl (C=O) groups is 1. The van der Waals surface area contributed by atoms with Crippen LogP contribution in [0.15, 0.2) is 23.4 Å². The van der Waals surface area contributed by atoms with Gasteiger partial charge in [0.25, 0.3) is 0 Å². The fraction of sp³-hybridized carbons (Fsp3) is 0.250. The number of pyridine rings is 1. The number of carboxylic acids is 1. The lowest BCUT2D eigenvalue weighted by atomic mass is 10.4. The number of carboxylic acid groups (broad SMARTS) is 1. The average molecular weight is 245 g/mol. The highest BCUT2D eigenvalue weighted by Crippen LogP contribution is 2.10. The number of nitrogen functional groups attached to an aromatic ring is 1. The summed E-state index contributed by atoms with van der Waals surface area (Å²) in [6.45, 7) is 1.22. The Kier molecular flexibility index (Phi) is 3.45. The van der Waals surface area contributed by atoms with Gasteiger partial charge in [0.05, 0.1) is 5.69 Å². The van der Waals surface area contributed by atoms with Crippen molar-refractivity contribution >= 4 is 21.7 Å². The molecule has 8 heteroatoms. The highest BCUT2D eigenvalue weighted by molar-refractivity contribution is 7.89. The number of nitrogens with two attached hydrogens (primary N) is 1. The lowest BCUT2D eigenvalue weighted by Gasteiger charge is -2.09. The Balaban J connectivity index is 2.99. The van der Waals surface area contributed by atoms with Crippen LogP contribution in [0.25, 0.3) is 0 Å². The quantitative estimate of drug-likeness (QED) is 0.652. The minimum Gasteiger partial charge on any atom is -0.480 e. The summed E-state index contributed by atoms with van der Waals surface area (Å²) in [4.78, 5) is 14.0. The second kappa shape index (κ2) is 4.45. The Hall–Kier alpha value is -1.67. The highest BCUT2D eigenvalue weighted by Gasteiger charge is 2.21. The van der Waals surface area contributed by atoms with Crippen molar-refractivity contribution in [2.24, 2.45) is 0 Å². The molecule has 0 saturated carbocycles. The maximum absolute atomic E-state index is 11.6. The molecule has 0 fully saturated rings. The summed E-state index contributed by atoms with van der Waals surface area (Å²) in [5.74, 6) is -1.26. The summed E-state index contributed by atoms with van der Waals surface area (Å²) in [6.07, 6.45) is 2.38. The maximum Gasteiger partial charge on any atom is 0.321 e. The van der Waals surface area contributed by atoms with E-state index < -0.39 is 22.0 Å². The van der Waals surface area contributed by atoms with Crippen LogP contribution >= 0.6 is 0 Å². The van der Waals surface area contributed by atoms with Gasteiger partial charge in [-0.1, -0.05) is 0 Å². The van der Waals surface area contributed by atoms with Crippen molar-refractivity contribution in [2.45, 2.75) is 17.9 Å². The van der Waals surface area contributed by atoms with Crippen molar-refractivity contribution in [3.05, 3.63) is 18.5 Å². The van der Waals surface area contributed by atoms with Gasteiger partial charge in [-0.3, -0.25) is 9.78 Å². The predicted octanol–water partition coefficient (Wildman–Crippen LogP) is -0.585. The number of sulfonamides is 1. The molecule has 0 radical (unpaired) electrons. The summed E-state index contributed by atoms with van der Waals surface area (Å²) in [7, 11) is -3.90. The molecule has 0 saturated heterocycles. The van der Waals surface area contributed by atoms with Crippen LogP contribution in [0, 0.1) is 0 Å². The topological polar surface area (TPSA) is 122 Å². The first-order valence-electron chi connectivity index (χ1n) is 4.28. The van der Waals surface area contributed by atoms with E-state index in [9.17, 15) is 13.2 Å². The summed E-state index contributed by atoms with van der Waals surface area (Å²) in [5.41, 5.74) is 5.56. The third-order valence-corrected chi connectivity index (χ3v) is 3.25. The molecular weight excluding hydrogens is 234 g/mol. The molecule has 0 aliphatic carbocycles. The lowest BCUT2D eigenvalue weighted by Crippen LogP contribution is -2.38. The molecule has 1 heterocycles. The molecule has 16 heavy (non-hydrogen) atoms. The number of nitrogens with one attached hydrogen (secondary N) is 1. The molecule has 0 amide bonds. The standard InChI is InChI=1S/C8H11N3O4S/c1-5(8(12)13)11-16(14,15)7-2-6(9)3-10-4-7/h2-5,11H,9H2,1H3,(H,12,13). The fourth-order valence-electron chi connectivity index (χ4n) is 0.934. The van der Waals surface area contributed by atoms with E-state index in [1.807, 2.05) is 4.72 Å². The SMILES string of the molecule is CC(NS(=O)(=O)c1cncc(N)c1)C(=O)O. The van der Waals surface area contributed by atoms with Gasteiger partial charge >= 0.3 is 5.97 Å². The molecule has 0 bridgehead atoms. The number of anilines is 1. The Morgan fingerprint density at radius 3 is 2.69 bits per heavy atom. The van der Waals surface area contributed by atoms with E-state index in [-0.39, 0.29) is 10.6 Å². The Bertz CT molecular complexity index is 500. The molecule has 1 unspecified atom stereocenters. The van der Waals surface area contributed by atoms with Gasteiger partial charge in [-0.15, -0.1) is 0 Å². The molecule has 7 nitrogen and oxygen atoms in total. The van der Waals surface area contributed by atoms with Gasteiger partial charge in [0.1, 0.15) is 10.9 Å². The van der Waals surface area contributed by atoms with E-state index in [1.165, 1.54) is 19.2 Å². The van der Waals surface area contributed by atoms with Gasteiger partial charge in [0.15, 0.2) is 0 Å². The van der Waals surface area contributed by atoms with Crippen LogP contribution in [0.5, 0.6) is 0 Å². The maximum atomic E-state index is 11.6. The van der Waals surface area contributed by atoms with Gasteiger partial charge in [-0.2, -0.15) is 4.72 Å². The molecule has 1 aromatic rings. The van der Waals surface area contributed by atoms with Crippen LogP contribution in [0.3, 0.4) is 0 Å². The number of hydrogen-bond acceptors (Lipinski definition) is 5. The third-order valence-electron chi connectivity index (χ3n) is 1.75. The fourth-order valence-corrected chi connectivity index (χ4v) is 2.13. The van der Waals surface area contributed by atoms with E-state index in [4.69, 9.17) is 10.8 Å². The average Bonchev–Trinajstić information content (AvgIpc) is 2.17. The minimum absolute atomic E-state index is 0.166. The first kappa shape index (κ1) is 12.4. The number of nitrogens with zero attached hydrogens (tertiary/aromatic N) is 1.